The minimum atomic E-state index is -1.98. The highest BCUT2D eigenvalue weighted by atomic mass is 35.5. The average molecular weight is 596 g/mol. The third-order valence-electron chi connectivity index (χ3n) is 9.00. The summed E-state index contributed by atoms with van der Waals surface area (Å²) in [6, 6.07) is 14.5. The number of nitriles is 1. The molecule has 0 amide bonds. The number of ether oxygens (including phenoxy) is 4. The Kier molecular flexibility index (Phi) is 7.60. The number of hydrogen-bond donors (Lipinski definition) is 1. The van der Waals surface area contributed by atoms with Gasteiger partial charge in [0.25, 0.3) is 0 Å². The summed E-state index contributed by atoms with van der Waals surface area (Å²) < 4.78 is 30.8. The van der Waals surface area contributed by atoms with E-state index in [2.05, 4.69) is 74.1 Å². The van der Waals surface area contributed by atoms with Crippen molar-refractivity contribution in [1.29, 1.82) is 5.26 Å². The molecule has 3 aliphatic rings. The van der Waals surface area contributed by atoms with E-state index in [1.54, 1.807) is 0 Å². The van der Waals surface area contributed by atoms with Crippen molar-refractivity contribution in [2.45, 2.75) is 63.3 Å². The summed E-state index contributed by atoms with van der Waals surface area (Å²) in [6.45, 7) is 15.3. The first-order valence-electron chi connectivity index (χ1n) is 14.3. The van der Waals surface area contributed by atoms with Crippen LogP contribution in [-0.2, 0) is 18.6 Å². The predicted molar refractivity (Wildman–Crippen MR) is 162 cm³/mol. The van der Waals surface area contributed by atoms with Crippen LogP contribution in [0.25, 0.3) is 22.0 Å². The second-order valence-electron chi connectivity index (χ2n) is 12.6. The maximum atomic E-state index is 10.1. The van der Waals surface area contributed by atoms with Gasteiger partial charge in [-0.2, -0.15) is 5.26 Å². The molecule has 10 heteroatoms. The van der Waals surface area contributed by atoms with Gasteiger partial charge >= 0.3 is 0 Å². The van der Waals surface area contributed by atoms with Gasteiger partial charge in [-0.25, -0.2) is 0 Å². The highest BCUT2D eigenvalue weighted by Crippen LogP contribution is 2.42. The number of fused-ring (bicyclic) bond motifs is 2. The number of nitrogens with one attached hydrogen (secondary N) is 1. The second kappa shape index (κ2) is 10.9. The summed E-state index contributed by atoms with van der Waals surface area (Å²) in [4.78, 5) is 5.59. The SMILES string of the molecule is CC(C)(C)[Si](C)(C)OC1CO[C@H]2[C@@H]1OC[C@H]2Oc1[nH]c2cc(Cl)c(-c3ccc(N4CCOCC4)cc3)cc2c1C#N. The van der Waals surface area contributed by atoms with Crippen LogP contribution in [-0.4, -0.2) is 77.2 Å². The Morgan fingerprint density at radius 2 is 1.68 bits per heavy atom. The third kappa shape index (κ3) is 5.38. The van der Waals surface area contributed by atoms with Crippen molar-refractivity contribution in [1.82, 2.24) is 4.98 Å². The fourth-order valence-corrected chi connectivity index (χ4v) is 7.21. The van der Waals surface area contributed by atoms with Crippen LogP contribution >= 0.6 is 11.6 Å². The fraction of sp³-hybridized carbons (Fsp3) is 0.516. The molecule has 6 rings (SSSR count). The molecule has 8 nitrogen and oxygen atoms in total. The lowest BCUT2D eigenvalue weighted by Gasteiger charge is -2.39. The molecule has 4 heterocycles. The normalized spacial score (nSPS) is 25.0. The van der Waals surface area contributed by atoms with E-state index in [-0.39, 0.29) is 29.5 Å². The minimum absolute atomic E-state index is 0.0938. The molecule has 0 bridgehead atoms. The molecule has 1 N–H and O–H groups in total. The van der Waals surface area contributed by atoms with E-state index in [0.717, 1.165) is 54.0 Å². The zero-order valence-corrected chi connectivity index (χ0v) is 26.1. The van der Waals surface area contributed by atoms with Crippen molar-refractivity contribution in [3.05, 3.63) is 47.0 Å². The van der Waals surface area contributed by atoms with Crippen LogP contribution in [0.1, 0.15) is 26.3 Å². The second-order valence-corrected chi connectivity index (χ2v) is 17.8. The number of rotatable bonds is 6. The van der Waals surface area contributed by atoms with E-state index in [4.69, 9.17) is 35.0 Å². The molecule has 3 aromatic rings. The monoisotopic (exact) mass is 595 g/mol. The smallest absolute Gasteiger partial charge is 0.210 e. The Bertz CT molecular complexity index is 1460. The molecule has 3 aliphatic heterocycles. The van der Waals surface area contributed by atoms with Crippen molar-refractivity contribution in [3.63, 3.8) is 0 Å². The molecule has 0 saturated carbocycles. The molecule has 3 saturated heterocycles. The van der Waals surface area contributed by atoms with Gasteiger partial charge in [0.1, 0.15) is 23.8 Å². The standard InChI is InChI=1S/C31H38ClN3O5Si/c1-31(2,3)41(4,5)40-27-18-38-28-26(17-37-29(27)28)39-30-23(16-33)22-14-21(24(32)15-25(22)34-30)19-6-8-20(9-7-19)35-10-12-36-13-11-35/h6-9,14-15,26-29,34H,10-13,17-18H2,1-5H3/t26-,27?,28-,29-/m1/s1. The molecular weight excluding hydrogens is 558 g/mol. The van der Waals surface area contributed by atoms with Crippen molar-refractivity contribution in [2.24, 2.45) is 0 Å². The lowest BCUT2D eigenvalue weighted by Crippen LogP contribution is -2.47. The minimum Gasteiger partial charge on any atom is -0.469 e. The fourth-order valence-electron chi connectivity index (χ4n) is 5.62. The number of hydrogen-bond acceptors (Lipinski definition) is 7. The van der Waals surface area contributed by atoms with Gasteiger partial charge in [-0.1, -0.05) is 44.5 Å². The van der Waals surface area contributed by atoms with Gasteiger partial charge in [0.15, 0.2) is 14.4 Å². The van der Waals surface area contributed by atoms with Crippen LogP contribution in [0.15, 0.2) is 36.4 Å². The highest BCUT2D eigenvalue weighted by Gasteiger charge is 2.52. The van der Waals surface area contributed by atoms with E-state index < -0.39 is 8.32 Å². The zero-order valence-electron chi connectivity index (χ0n) is 24.3. The maximum absolute atomic E-state index is 10.1. The van der Waals surface area contributed by atoms with Gasteiger partial charge in [-0.15, -0.1) is 0 Å². The lowest BCUT2D eigenvalue weighted by atomic mass is 10.0. The molecule has 1 unspecified atom stereocenters. The summed E-state index contributed by atoms with van der Waals surface area (Å²) in [5, 5.41) is 11.6. The first-order chi connectivity index (χ1) is 19.6. The van der Waals surface area contributed by atoms with Crippen LogP contribution in [0.3, 0.4) is 0 Å². The average Bonchev–Trinajstić information content (AvgIpc) is 3.62. The first kappa shape index (κ1) is 28.5. The number of benzene rings is 2. The molecule has 4 atom stereocenters. The van der Waals surface area contributed by atoms with Crippen molar-refractivity contribution < 1.29 is 23.4 Å². The van der Waals surface area contributed by atoms with Crippen LogP contribution in [0, 0.1) is 11.3 Å². The third-order valence-corrected chi connectivity index (χ3v) is 13.8. The zero-order chi connectivity index (χ0) is 28.9. The van der Waals surface area contributed by atoms with Gasteiger partial charge in [-0.3, -0.25) is 0 Å². The molecule has 41 heavy (non-hydrogen) atoms. The quantitative estimate of drug-likeness (QED) is 0.343. The number of nitrogens with zero attached hydrogens (tertiary/aromatic N) is 2. The summed E-state index contributed by atoms with van der Waals surface area (Å²) in [6.07, 6.45) is -0.920. The molecular formula is C31H38ClN3O5Si. The summed E-state index contributed by atoms with van der Waals surface area (Å²) in [5.74, 6) is 0.407. The highest BCUT2D eigenvalue weighted by molar-refractivity contribution is 6.74. The Balaban J connectivity index is 1.21. The Morgan fingerprint density at radius 3 is 2.34 bits per heavy atom. The molecule has 2 aromatic carbocycles. The Hall–Kier alpha value is -2.58. The van der Waals surface area contributed by atoms with Crippen LogP contribution in [0.2, 0.25) is 23.2 Å². The Morgan fingerprint density at radius 1 is 1.02 bits per heavy atom. The molecule has 0 radical (unpaired) electrons. The maximum Gasteiger partial charge on any atom is 0.210 e. The van der Waals surface area contributed by atoms with E-state index in [1.807, 2.05) is 12.1 Å². The summed E-state index contributed by atoms with van der Waals surface area (Å²) in [5.41, 5.74) is 4.20. The van der Waals surface area contributed by atoms with E-state index in [9.17, 15) is 5.26 Å². The van der Waals surface area contributed by atoms with E-state index >= 15 is 0 Å². The van der Waals surface area contributed by atoms with Crippen molar-refractivity contribution in [2.75, 3.05) is 44.4 Å². The van der Waals surface area contributed by atoms with Gasteiger partial charge in [0, 0.05) is 29.7 Å². The summed E-state index contributed by atoms with van der Waals surface area (Å²) in [7, 11) is -1.98. The van der Waals surface area contributed by atoms with Crippen LogP contribution < -0.4 is 9.64 Å². The number of halogens is 1. The predicted octanol–water partition coefficient (Wildman–Crippen LogP) is 6.13. The van der Waals surface area contributed by atoms with Crippen molar-refractivity contribution in [3.8, 4) is 23.1 Å². The summed E-state index contributed by atoms with van der Waals surface area (Å²) >= 11 is 6.75. The van der Waals surface area contributed by atoms with Crippen molar-refractivity contribution >= 4 is 36.5 Å². The number of anilines is 1. The first-order valence-corrected chi connectivity index (χ1v) is 17.6. The van der Waals surface area contributed by atoms with E-state index in [1.165, 1.54) is 0 Å². The number of aromatic amines is 1. The number of aromatic nitrogens is 1. The molecule has 218 valence electrons. The van der Waals surface area contributed by atoms with Gasteiger partial charge < -0.3 is 33.3 Å². The number of H-pyrrole nitrogens is 1. The van der Waals surface area contributed by atoms with Gasteiger partial charge in [0.2, 0.25) is 5.88 Å². The lowest BCUT2D eigenvalue weighted by molar-refractivity contribution is 0.0126. The van der Waals surface area contributed by atoms with Gasteiger partial charge in [-0.05, 0) is 48.0 Å². The largest absolute Gasteiger partial charge is 0.469 e. The van der Waals surface area contributed by atoms with Gasteiger partial charge in [0.05, 0.1) is 43.1 Å². The number of morpholine rings is 1. The van der Waals surface area contributed by atoms with Crippen LogP contribution in [0.4, 0.5) is 5.69 Å². The van der Waals surface area contributed by atoms with E-state index in [0.29, 0.717) is 29.7 Å². The molecule has 3 fully saturated rings. The Labute approximate surface area is 247 Å². The van der Waals surface area contributed by atoms with Crippen LogP contribution in [0.5, 0.6) is 5.88 Å². The molecule has 1 aromatic heterocycles. The molecule has 0 spiro atoms. The molecule has 0 aliphatic carbocycles. The topological polar surface area (TPSA) is 89.0 Å².